The van der Waals surface area contributed by atoms with Gasteiger partial charge in [0.15, 0.2) is 0 Å². The van der Waals surface area contributed by atoms with Crippen LogP contribution in [0.5, 0.6) is 0 Å². The first-order valence-corrected chi connectivity index (χ1v) is 5.71. The molecule has 2 aliphatic rings. The Morgan fingerprint density at radius 1 is 1.31 bits per heavy atom. The molecular formula is C11H11NS. The zero-order valence-electron chi connectivity index (χ0n) is 7.31. The maximum Gasteiger partial charge on any atom is 0.0642 e. The molecule has 1 nitrogen and oxygen atoms in total. The molecule has 2 aliphatic heterocycles. The Bertz CT molecular complexity index is 359. The van der Waals surface area contributed by atoms with Crippen molar-refractivity contribution in [2.75, 3.05) is 11.6 Å². The summed E-state index contributed by atoms with van der Waals surface area (Å²) in [6, 6.07) is 9.33. The third-order valence-corrected chi connectivity index (χ3v) is 3.75. The smallest absolute Gasteiger partial charge is 0.0642 e. The normalized spacial score (nSPS) is 24.3. The molecule has 13 heavy (non-hydrogen) atoms. The first kappa shape index (κ1) is 7.51. The number of rotatable bonds is 0. The van der Waals surface area contributed by atoms with Crippen molar-refractivity contribution >= 4 is 17.8 Å². The molecule has 0 aliphatic carbocycles. The van der Waals surface area contributed by atoms with Crippen LogP contribution in [-0.2, 0) is 0 Å². The van der Waals surface area contributed by atoms with Crippen LogP contribution in [0.2, 0.25) is 0 Å². The van der Waals surface area contributed by atoms with Crippen molar-refractivity contribution in [2.24, 2.45) is 0 Å². The average Bonchev–Trinajstić information content (AvgIpc) is 2.65. The van der Waals surface area contributed by atoms with E-state index < -0.39 is 0 Å². The van der Waals surface area contributed by atoms with Crippen molar-refractivity contribution in [1.29, 1.82) is 0 Å². The molecule has 0 N–H and O–H groups in total. The second-order valence-corrected chi connectivity index (χ2v) is 4.47. The molecule has 0 aromatic heterocycles. The number of hydrogen-bond acceptors (Lipinski definition) is 2. The Balaban J connectivity index is 2.13. The van der Waals surface area contributed by atoms with Gasteiger partial charge in [-0.05, 0) is 17.2 Å². The van der Waals surface area contributed by atoms with Gasteiger partial charge in [-0.2, -0.15) is 0 Å². The molecule has 1 aromatic rings. The Morgan fingerprint density at radius 2 is 2.23 bits per heavy atom. The highest BCUT2D eigenvalue weighted by molar-refractivity contribution is 7.99. The minimum absolute atomic E-state index is 0.631. The second-order valence-electron chi connectivity index (χ2n) is 3.47. The number of nitrogens with zero attached hydrogens (tertiary/aromatic N) is 1. The van der Waals surface area contributed by atoms with Crippen LogP contribution in [-0.4, -0.2) is 16.5 Å². The molecule has 2 heteroatoms. The number of benzene rings is 1. The highest BCUT2D eigenvalue weighted by atomic mass is 32.2. The molecular weight excluding hydrogens is 178 g/mol. The lowest BCUT2D eigenvalue weighted by Gasteiger charge is -2.27. The molecule has 1 unspecified atom stereocenters. The van der Waals surface area contributed by atoms with Crippen molar-refractivity contribution in [2.45, 2.75) is 6.04 Å². The number of thioether (sulfide) groups is 1. The van der Waals surface area contributed by atoms with Gasteiger partial charge < -0.3 is 4.90 Å². The second kappa shape index (κ2) is 2.81. The topological polar surface area (TPSA) is 3.24 Å². The standard InChI is InChI=1S/C11H11NS/c1-2-4-10-9(3-1)5-6-12-8-13-7-11(10)12/h1-6,11H,7-8H2. The van der Waals surface area contributed by atoms with E-state index in [2.05, 4.69) is 41.4 Å². The minimum Gasteiger partial charge on any atom is -0.360 e. The fourth-order valence-electron chi connectivity index (χ4n) is 2.01. The first-order chi connectivity index (χ1) is 6.45. The fourth-order valence-corrected chi connectivity index (χ4v) is 3.19. The first-order valence-electron chi connectivity index (χ1n) is 4.56. The summed E-state index contributed by atoms with van der Waals surface area (Å²) in [7, 11) is 0. The SMILES string of the molecule is C1=CN2CSCC2c2ccccc21. The molecule has 0 radical (unpaired) electrons. The van der Waals surface area contributed by atoms with Crippen LogP contribution in [0.25, 0.3) is 6.08 Å². The van der Waals surface area contributed by atoms with E-state index in [1.807, 2.05) is 11.8 Å². The fraction of sp³-hybridized carbons (Fsp3) is 0.273. The van der Waals surface area contributed by atoms with Gasteiger partial charge in [-0.15, -0.1) is 11.8 Å². The summed E-state index contributed by atoms with van der Waals surface area (Å²) in [6.45, 7) is 0. The average molecular weight is 189 g/mol. The van der Waals surface area contributed by atoms with Crippen LogP contribution >= 0.6 is 11.8 Å². The summed E-state index contributed by atoms with van der Waals surface area (Å²) in [5.41, 5.74) is 2.89. The van der Waals surface area contributed by atoms with Crippen LogP contribution < -0.4 is 0 Å². The highest BCUT2D eigenvalue weighted by Crippen LogP contribution is 2.38. The van der Waals surface area contributed by atoms with Crippen molar-refractivity contribution in [3.8, 4) is 0 Å². The van der Waals surface area contributed by atoms with Gasteiger partial charge in [-0.1, -0.05) is 24.3 Å². The van der Waals surface area contributed by atoms with E-state index in [1.54, 1.807) is 0 Å². The summed E-state index contributed by atoms with van der Waals surface area (Å²) in [6.07, 6.45) is 4.45. The molecule has 1 saturated heterocycles. The number of hydrogen-bond donors (Lipinski definition) is 0. The lowest BCUT2D eigenvalue weighted by Crippen LogP contribution is -2.21. The third kappa shape index (κ3) is 1.09. The van der Waals surface area contributed by atoms with Crippen LogP contribution in [0.1, 0.15) is 17.2 Å². The van der Waals surface area contributed by atoms with Gasteiger partial charge in [-0.3, -0.25) is 0 Å². The number of fused-ring (bicyclic) bond motifs is 3. The summed E-state index contributed by atoms with van der Waals surface area (Å²) in [4.78, 5) is 2.42. The van der Waals surface area contributed by atoms with E-state index in [-0.39, 0.29) is 0 Å². The predicted molar refractivity (Wildman–Crippen MR) is 57.4 cm³/mol. The van der Waals surface area contributed by atoms with E-state index in [0.29, 0.717) is 6.04 Å². The van der Waals surface area contributed by atoms with Gasteiger partial charge >= 0.3 is 0 Å². The lowest BCUT2D eigenvalue weighted by atomic mass is 9.98. The highest BCUT2D eigenvalue weighted by Gasteiger charge is 2.27. The Labute approximate surface area is 82.4 Å². The monoisotopic (exact) mass is 189 g/mol. The molecule has 1 fully saturated rings. The van der Waals surface area contributed by atoms with Crippen LogP contribution in [0, 0.1) is 0 Å². The molecule has 2 heterocycles. The zero-order chi connectivity index (χ0) is 8.67. The van der Waals surface area contributed by atoms with Gasteiger partial charge in [0.2, 0.25) is 0 Å². The Morgan fingerprint density at radius 3 is 3.23 bits per heavy atom. The van der Waals surface area contributed by atoms with Gasteiger partial charge in [-0.25, -0.2) is 0 Å². The predicted octanol–water partition coefficient (Wildman–Crippen LogP) is 2.72. The van der Waals surface area contributed by atoms with E-state index in [9.17, 15) is 0 Å². The van der Waals surface area contributed by atoms with Gasteiger partial charge in [0.1, 0.15) is 0 Å². The quantitative estimate of drug-likeness (QED) is 0.617. The molecule has 0 saturated carbocycles. The molecule has 1 aromatic carbocycles. The zero-order valence-corrected chi connectivity index (χ0v) is 8.13. The summed E-state index contributed by atoms with van der Waals surface area (Å²) in [5.74, 6) is 2.39. The third-order valence-electron chi connectivity index (χ3n) is 2.72. The van der Waals surface area contributed by atoms with Gasteiger partial charge in [0, 0.05) is 12.0 Å². The molecule has 0 amide bonds. The maximum atomic E-state index is 2.42. The maximum absolute atomic E-state index is 2.42. The summed E-state index contributed by atoms with van der Waals surface area (Å²) < 4.78 is 0. The largest absolute Gasteiger partial charge is 0.360 e. The summed E-state index contributed by atoms with van der Waals surface area (Å²) in [5, 5.41) is 0. The van der Waals surface area contributed by atoms with Crippen molar-refractivity contribution in [3.05, 3.63) is 41.6 Å². The van der Waals surface area contributed by atoms with Crippen molar-refractivity contribution in [1.82, 2.24) is 4.90 Å². The van der Waals surface area contributed by atoms with E-state index in [1.165, 1.54) is 16.9 Å². The molecule has 1 atom stereocenters. The minimum atomic E-state index is 0.631. The van der Waals surface area contributed by atoms with E-state index in [0.717, 1.165) is 5.88 Å². The van der Waals surface area contributed by atoms with Gasteiger partial charge in [0.25, 0.3) is 0 Å². The van der Waals surface area contributed by atoms with Crippen molar-refractivity contribution in [3.63, 3.8) is 0 Å². The van der Waals surface area contributed by atoms with E-state index >= 15 is 0 Å². The lowest BCUT2D eigenvalue weighted by molar-refractivity contribution is 0.369. The molecule has 3 rings (SSSR count). The summed E-state index contributed by atoms with van der Waals surface area (Å²) >= 11 is 2.02. The van der Waals surface area contributed by atoms with Crippen LogP contribution in [0.4, 0.5) is 0 Å². The van der Waals surface area contributed by atoms with E-state index in [4.69, 9.17) is 0 Å². The molecule has 0 bridgehead atoms. The van der Waals surface area contributed by atoms with Crippen LogP contribution in [0.15, 0.2) is 30.5 Å². The Kier molecular flexibility index (Phi) is 1.62. The molecule has 0 spiro atoms. The van der Waals surface area contributed by atoms with Gasteiger partial charge in [0.05, 0.1) is 11.9 Å². The van der Waals surface area contributed by atoms with Crippen molar-refractivity contribution < 1.29 is 0 Å². The Hall–Kier alpha value is -0.890. The van der Waals surface area contributed by atoms with Crippen LogP contribution in [0.3, 0.4) is 0 Å². The molecule has 66 valence electrons.